The number of aryl methyl sites for hydroxylation is 1. The highest BCUT2D eigenvalue weighted by atomic mass is 79.9. The number of rotatable bonds is 2. The molecule has 78 valence electrons. The van der Waals surface area contributed by atoms with E-state index in [-0.39, 0.29) is 0 Å². The van der Waals surface area contributed by atoms with E-state index < -0.39 is 0 Å². The summed E-state index contributed by atoms with van der Waals surface area (Å²) in [7, 11) is 0. The number of hydrogen-bond donors (Lipinski definition) is 1. The second-order valence-corrected chi connectivity index (χ2v) is 5.66. The minimum atomic E-state index is 0.499. The Morgan fingerprint density at radius 1 is 1.67 bits per heavy atom. The lowest BCUT2D eigenvalue weighted by atomic mass is 10.5. The van der Waals surface area contributed by atoms with Gasteiger partial charge >= 0.3 is 0 Å². The van der Waals surface area contributed by atoms with Gasteiger partial charge in [-0.3, -0.25) is 5.10 Å². The molecule has 0 radical (unpaired) electrons. The normalized spacial score (nSPS) is 11.3. The first-order valence-electron chi connectivity index (χ1n) is 4.10. The lowest BCUT2D eigenvalue weighted by Gasteiger charge is -1.91. The van der Waals surface area contributed by atoms with Crippen LogP contribution in [0.4, 0.5) is 0 Å². The Morgan fingerprint density at radius 2 is 2.47 bits per heavy atom. The van der Waals surface area contributed by atoms with Crippen molar-refractivity contribution in [1.82, 2.24) is 14.9 Å². The van der Waals surface area contributed by atoms with Crippen molar-refractivity contribution in [2.24, 2.45) is 5.10 Å². The van der Waals surface area contributed by atoms with Crippen molar-refractivity contribution in [3.05, 3.63) is 31.4 Å². The maximum Gasteiger partial charge on any atom is 0.216 e. The summed E-state index contributed by atoms with van der Waals surface area (Å²) in [5, 5.41) is 10.9. The Balaban J connectivity index is 2.29. The fourth-order valence-electron chi connectivity index (χ4n) is 1.02. The molecular weight excluding hydrogens is 296 g/mol. The third-order valence-electron chi connectivity index (χ3n) is 1.71. The Kier molecular flexibility index (Phi) is 3.13. The Hall–Kier alpha value is -0.790. The molecular formula is C8H7BrN4S2. The quantitative estimate of drug-likeness (QED) is 0.685. The van der Waals surface area contributed by atoms with E-state index in [2.05, 4.69) is 31.2 Å². The van der Waals surface area contributed by atoms with E-state index in [1.807, 2.05) is 19.1 Å². The van der Waals surface area contributed by atoms with Crippen LogP contribution >= 0.6 is 39.5 Å². The number of thiophene rings is 1. The number of aromatic nitrogens is 3. The molecule has 2 aromatic rings. The molecule has 0 atom stereocenters. The highest BCUT2D eigenvalue weighted by Gasteiger charge is 1.98. The summed E-state index contributed by atoms with van der Waals surface area (Å²) in [5.74, 6) is 0.742. The number of hydrogen-bond acceptors (Lipinski definition) is 4. The first-order chi connectivity index (χ1) is 7.16. The van der Waals surface area contributed by atoms with E-state index >= 15 is 0 Å². The number of halogens is 1. The third kappa shape index (κ3) is 2.42. The summed E-state index contributed by atoms with van der Waals surface area (Å²) >= 11 is 10.0. The van der Waals surface area contributed by atoms with Crippen molar-refractivity contribution in [3.63, 3.8) is 0 Å². The van der Waals surface area contributed by atoms with Crippen molar-refractivity contribution < 1.29 is 0 Å². The van der Waals surface area contributed by atoms with Crippen LogP contribution < -0.4 is 0 Å². The molecule has 0 aliphatic rings. The molecule has 1 N–H and O–H groups in total. The maximum absolute atomic E-state index is 5.02. The first kappa shape index (κ1) is 10.7. The van der Waals surface area contributed by atoms with E-state index in [0.29, 0.717) is 4.77 Å². The molecule has 0 bridgehead atoms. The summed E-state index contributed by atoms with van der Waals surface area (Å²) in [5.41, 5.74) is 0. The van der Waals surface area contributed by atoms with E-state index in [9.17, 15) is 0 Å². The number of H-pyrrole nitrogens is 1. The van der Waals surface area contributed by atoms with Gasteiger partial charge in [-0.05, 0) is 47.2 Å². The second kappa shape index (κ2) is 4.38. The monoisotopic (exact) mass is 302 g/mol. The lowest BCUT2D eigenvalue weighted by molar-refractivity contribution is 0.821. The molecule has 0 spiro atoms. The third-order valence-corrected chi connectivity index (χ3v) is 3.53. The molecule has 0 saturated heterocycles. The second-order valence-electron chi connectivity index (χ2n) is 2.77. The molecule has 0 fully saturated rings. The Labute approximate surface area is 104 Å². The standard InChI is InChI=1S/C8H7BrN4S2/c1-5-11-12-8(14)13(5)10-4-6-2-3-7(9)15-6/h2-4H,1H3,(H,12,14)/b10-4+. The van der Waals surface area contributed by atoms with Gasteiger partial charge in [0.05, 0.1) is 10.0 Å². The van der Waals surface area contributed by atoms with Crippen LogP contribution in [0.1, 0.15) is 10.7 Å². The average Bonchev–Trinajstić information content (AvgIpc) is 2.73. The van der Waals surface area contributed by atoms with Crippen LogP contribution in [0.2, 0.25) is 0 Å². The summed E-state index contributed by atoms with van der Waals surface area (Å²) in [4.78, 5) is 1.06. The summed E-state index contributed by atoms with van der Waals surface area (Å²) in [6.45, 7) is 1.84. The van der Waals surface area contributed by atoms with E-state index in [0.717, 1.165) is 14.5 Å². The van der Waals surface area contributed by atoms with Crippen molar-refractivity contribution in [1.29, 1.82) is 0 Å². The van der Waals surface area contributed by atoms with E-state index in [1.165, 1.54) is 0 Å². The first-order valence-corrected chi connectivity index (χ1v) is 6.12. The van der Waals surface area contributed by atoms with Crippen molar-refractivity contribution in [2.45, 2.75) is 6.92 Å². The molecule has 0 aliphatic heterocycles. The molecule has 0 aromatic carbocycles. The fraction of sp³-hybridized carbons (Fsp3) is 0.125. The zero-order valence-electron chi connectivity index (χ0n) is 7.77. The molecule has 15 heavy (non-hydrogen) atoms. The van der Waals surface area contributed by atoms with E-state index in [1.54, 1.807) is 22.2 Å². The van der Waals surface area contributed by atoms with Gasteiger partial charge in [-0.1, -0.05) is 0 Å². The van der Waals surface area contributed by atoms with Crippen molar-refractivity contribution >= 4 is 45.7 Å². The van der Waals surface area contributed by atoms with Gasteiger partial charge < -0.3 is 0 Å². The van der Waals surface area contributed by atoms with E-state index in [4.69, 9.17) is 12.2 Å². The molecule has 0 saturated carbocycles. The number of nitrogens with zero attached hydrogens (tertiary/aromatic N) is 3. The Bertz CT molecular complexity index is 551. The van der Waals surface area contributed by atoms with Crippen LogP contribution in [0.5, 0.6) is 0 Å². The topological polar surface area (TPSA) is 46.0 Å². The Morgan fingerprint density at radius 3 is 3.00 bits per heavy atom. The fourth-order valence-corrected chi connectivity index (χ4v) is 2.53. The summed E-state index contributed by atoms with van der Waals surface area (Å²) in [6.07, 6.45) is 1.76. The van der Waals surface area contributed by atoms with Crippen LogP contribution in [0.15, 0.2) is 21.0 Å². The zero-order chi connectivity index (χ0) is 10.8. The SMILES string of the molecule is Cc1n[nH]c(=S)n1/N=C/c1ccc(Br)s1. The average molecular weight is 303 g/mol. The predicted octanol–water partition coefficient (Wildman–Crippen LogP) is 2.96. The highest BCUT2D eigenvalue weighted by Crippen LogP contribution is 2.20. The minimum Gasteiger partial charge on any atom is -0.250 e. The van der Waals surface area contributed by atoms with Gasteiger partial charge in [0.25, 0.3) is 0 Å². The smallest absolute Gasteiger partial charge is 0.216 e. The summed E-state index contributed by atoms with van der Waals surface area (Å²) in [6, 6.07) is 3.96. The van der Waals surface area contributed by atoms with Crippen molar-refractivity contribution in [2.75, 3.05) is 0 Å². The van der Waals surface area contributed by atoms with Gasteiger partial charge in [0.15, 0.2) is 0 Å². The highest BCUT2D eigenvalue weighted by molar-refractivity contribution is 9.11. The molecule has 2 aromatic heterocycles. The molecule has 0 amide bonds. The van der Waals surface area contributed by atoms with Crippen LogP contribution in [0.3, 0.4) is 0 Å². The zero-order valence-corrected chi connectivity index (χ0v) is 11.0. The van der Waals surface area contributed by atoms with Crippen LogP contribution in [-0.2, 0) is 0 Å². The largest absolute Gasteiger partial charge is 0.250 e. The number of nitrogens with one attached hydrogen (secondary N) is 1. The number of aromatic amines is 1. The van der Waals surface area contributed by atoms with Gasteiger partial charge in [0.2, 0.25) is 4.77 Å². The van der Waals surface area contributed by atoms with Crippen LogP contribution in [-0.4, -0.2) is 21.1 Å². The predicted molar refractivity (Wildman–Crippen MR) is 67.2 cm³/mol. The van der Waals surface area contributed by atoms with Gasteiger partial charge in [-0.25, -0.2) is 0 Å². The van der Waals surface area contributed by atoms with Gasteiger partial charge in [0.1, 0.15) is 5.82 Å². The molecule has 0 aliphatic carbocycles. The van der Waals surface area contributed by atoms with Crippen LogP contribution in [0.25, 0.3) is 0 Å². The molecule has 0 unspecified atom stereocenters. The van der Waals surface area contributed by atoms with Gasteiger partial charge in [-0.15, -0.1) is 11.3 Å². The maximum atomic E-state index is 5.02. The van der Waals surface area contributed by atoms with Gasteiger partial charge in [0, 0.05) is 4.88 Å². The summed E-state index contributed by atoms with van der Waals surface area (Å²) < 4.78 is 3.17. The molecule has 2 heterocycles. The molecule has 4 nitrogen and oxygen atoms in total. The van der Waals surface area contributed by atoms with Crippen LogP contribution in [0, 0.1) is 11.7 Å². The van der Waals surface area contributed by atoms with Crippen molar-refractivity contribution in [3.8, 4) is 0 Å². The molecule has 7 heteroatoms. The lowest BCUT2D eigenvalue weighted by Crippen LogP contribution is -1.92. The van der Waals surface area contributed by atoms with Gasteiger partial charge in [-0.2, -0.15) is 14.9 Å². The minimum absolute atomic E-state index is 0.499. The molecule has 2 rings (SSSR count).